The van der Waals surface area contributed by atoms with E-state index in [2.05, 4.69) is 20.4 Å². The lowest BCUT2D eigenvalue weighted by atomic mass is 10.00. The summed E-state index contributed by atoms with van der Waals surface area (Å²) >= 11 is 0. The maximum absolute atomic E-state index is 4.57. The normalized spacial score (nSPS) is 12.5. The van der Waals surface area contributed by atoms with E-state index >= 15 is 0 Å². The largest absolute Gasteiger partial charge is 0.158 e. The maximum Gasteiger partial charge on any atom is 0.121 e. The summed E-state index contributed by atoms with van der Waals surface area (Å²) in [7, 11) is 0. The summed E-state index contributed by atoms with van der Waals surface area (Å²) < 4.78 is 0. The summed E-state index contributed by atoms with van der Waals surface area (Å²) in [6.07, 6.45) is 3.47. The highest BCUT2D eigenvalue weighted by Gasteiger charge is 2.14. The molecule has 4 heteroatoms. The molecule has 0 aromatic heterocycles. The van der Waals surface area contributed by atoms with Gasteiger partial charge >= 0.3 is 0 Å². The molecule has 0 radical (unpaired) electrons. The average molecular weight is 415 g/mol. The Morgan fingerprint density at radius 1 is 0.406 bits per heavy atom. The fraction of sp³-hybridized carbons (Fsp3) is 0. The Balaban J connectivity index is 1.77. The van der Waals surface area contributed by atoms with Crippen molar-refractivity contribution in [2.45, 2.75) is 0 Å². The monoisotopic (exact) mass is 414 g/mol. The first-order valence-electron chi connectivity index (χ1n) is 10.3. The molecule has 4 aromatic carbocycles. The Labute approximate surface area is 188 Å². The molecule has 0 saturated heterocycles. The highest BCUT2D eigenvalue weighted by molar-refractivity contribution is 6.53. The minimum Gasteiger partial charge on any atom is -0.158 e. The van der Waals surface area contributed by atoms with Crippen LogP contribution in [0, 0.1) is 0 Å². The van der Waals surface area contributed by atoms with E-state index < -0.39 is 0 Å². The van der Waals surface area contributed by atoms with E-state index in [1.165, 1.54) is 0 Å². The Morgan fingerprint density at radius 2 is 0.719 bits per heavy atom. The first-order chi connectivity index (χ1) is 15.9. The third-order valence-corrected chi connectivity index (χ3v) is 4.65. The predicted octanol–water partition coefficient (Wildman–Crippen LogP) is 6.03. The zero-order valence-electron chi connectivity index (χ0n) is 17.5. The van der Waals surface area contributed by atoms with Crippen molar-refractivity contribution in [3.63, 3.8) is 0 Å². The Kier molecular flexibility index (Phi) is 7.21. The third kappa shape index (κ3) is 5.80. The van der Waals surface area contributed by atoms with Gasteiger partial charge in [0.05, 0.1) is 12.4 Å². The number of hydrogen-bond donors (Lipinski definition) is 0. The van der Waals surface area contributed by atoms with Crippen molar-refractivity contribution in [2.24, 2.45) is 20.4 Å². The van der Waals surface area contributed by atoms with Crippen LogP contribution in [0.4, 0.5) is 0 Å². The molecule has 0 atom stereocenters. The molecular weight excluding hydrogens is 392 g/mol. The van der Waals surface area contributed by atoms with Crippen LogP contribution < -0.4 is 0 Å². The second-order valence-electron chi connectivity index (χ2n) is 6.94. The lowest BCUT2D eigenvalue weighted by Crippen LogP contribution is -2.17. The van der Waals surface area contributed by atoms with Gasteiger partial charge in [-0.2, -0.15) is 10.2 Å². The standard InChI is InChI=1S/C28H22N4/c1-5-13-23(14-6-1)21-29-31-27(25-17-9-3-10-18-25)28(26-19-11-4-12-20-26)32-30-22-24-15-7-2-8-16-24/h1-22H/b29-21+,30-22+,31-27+,32-28+. The molecule has 32 heavy (non-hydrogen) atoms. The van der Waals surface area contributed by atoms with Crippen LogP contribution in [-0.2, 0) is 0 Å². The van der Waals surface area contributed by atoms with E-state index in [-0.39, 0.29) is 0 Å². The Hall–Kier alpha value is -4.44. The minimum absolute atomic E-state index is 0.647. The second kappa shape index (κ2) is 11.1. The maximum atomic E-state index is 4.57. The minimum atomic E-state index is 0.647. The molecule has 0 heterocycles. The van der Waals surface area contributed by atoms with E-state index in [1.807, 2.05) is 121 Å². The van der Waals surface area contributed by atoms with Crippen LogP contribution in [-0.4, -0.2) is 23.9 Å². The van der Waals surface area contributed by atoms with Crippen LogP contribution in [0.25, 0.3) is 0 Å². The van der Waals surface area contributed by atoms with E-state index in [1.54, 1.807) is 12.4 Å². The molecule has 0 fully saturated rings. The van der Waals surface area contributed by atoms with E-state index in [0.717, 1.165) is 22.3 Å². The quantitative estimate of drug-likeness (QED) is 0.262. The van der Waals surface area contributed by atoms with Gasteiger partial charge in [-0.05, 0) is 11.1 Å². The lowest BCUT2D eigenvalue weighted by molar-refractivity contribution is 1.23. The highest BCUT2D eigenvalue weighted by Crippen LogP contribution is 2.12. The van der Waals surface area contributed by atoms with Gasteiger partial charge in [-0.15, -0.1) is 10.2 Å². The molecule has 4 aromatic rings. The van der Waals surface area contributed by atoms with Crippen molar-refractivity contribution in [1.29, 1.82) is 0 Å². The number of rotatable bonds is 7. The molecule has 0 aliphatic rings. The SMILES string of the molecule is C(=N/N=C(/C(=N/N=C/c1ccccc1)c1ccccc1)c1ccccc1)\c1ccccc1. The van der Waals surface area contributed by atoms with E-state index in [0.29, 0.717) is 11.4 Å². The van der Waals surface area contributed by atoms with Gasteiger partial charge in [0, 0.05) is 11.1 Å². The van der Waals surface area contributed by atoms with Crippen molar-refractivity contribution in [3.8, 4) is 0 Å². The first-order valence-corrected chi connectivity index (χ1v) is 10.3. The molecule has 0 aliphatic carbocycles. The molecule has 0 spiro atoms. The zero-order chi connectivity index (χ0) is 21.8. The van der Waals surface area contributed by atoms with E-state index in [9.17, 15) is 0 Å². The van der Waals surface area contributed by atoms with Gasteiger partial charge in [0.25, 0.3) is 0 Å². The van der Waals surface area contributed by atoms with Crippen LogP contribution >= 0.6 is 0 Å². The number of nitrogens with zero attached hydrogens (tertiary/aromatic N) is 4. The van der Waals surface area contributed by atoms with Gasteiger partial charge in [0.2, 0.25) is 0 Å². The van der Waals surface area contributed by atoms with Gasteiger partial charge in [0.1, 0.15) is 11.4 Å². The van der Waals surface area contributed by atoms with Gasteiger partial charge in [-0.25, -0.2) is 0 Å². The van der Waals surface area contributed by atoms with Gasteiger partial charge in [-0.1, -0.05) is 121 Å². The molecule has 0 bridgehead atoms. The van der Waals surface area contributed by atoms with Crippen LogP contribution in [0.15, 0.2) is 142 Å². The summed E-state index contributed by atoms with van der Waals surface area (Å²) in [5.74, 6) is 0. The van der Waals surface area contributed by atoms with Crippen molar-refractivity contribution in [3.05, 3.63) is 144 Å². The smallest absolute Gasteiger partial charge is 0.121 e. The molecule has 0 saturated carbocycles. The summed E-state index contributed by atoms with van der Waals surface area (Å²) in [5.41, 5.74) is 5.07. The molecule has 0 amide bonds. The fourth-order valence-electron chi connectivity index (χ4n) is 3.06. The molecule has 154 valence electrons. The van der Waals surface area contributed by atoms with Crippen LogP contribution in [0.2, 0.25) is 0 Å². The average Bonchev–Trinajstić information content (AvgIpc) is 2.87. The first kappa shape index (κ1) is 20.8. The summed E-state index contributed by atoms with van der Waals surface area (Å²) in [6.45, 7) is 0. The summed E-state index contributed by atoms with van der Waals surface area (Å²) in [6, 6.07) is 39.6. The van der Waals surface area contributed by atoms with Crippen molar-refractivity contribution >= 4 is 23.9 Å². The van der Waals surface area contributed by atoms with Gasteiger partial charge in [-0.3, -0.25) is 0 Å². The highest BCUT2D eigenvalue weighted by atomic mass is 15.2. The Morgan fingerprint density at radius 3 is 1.06 bits per heavy atom. The molecule has 0 N–H and O–H groups in total. The van der Waals surface area contributed by atoms with E-state index in [4.69, 9.17) is 0 Å². The molecule has 4 rings (SSSR count). The van der Waals surface area contributed by atoms with Gasteiger partial charge < -0.3 is 0 Å². The molecule has 0 unspecified atom stereocenters. The van der Waals surface area contributed by atoms with Crippen molar-refractivity contribution < 1.29 is 0 Å². The Bertz CT molecular complexity index is 1130. The predicted molar refractivity (Wildman–Crippen MR) is 134 cm³/mol. The zero-order valence-corrected chi connectivity index (χ0v) is 17.5. The third-order valence-electron chi connectivity index (χ3n) is 4.65. The number of hydrogen-bond acceptors (Lipinski definition) is 4. The summed E-state index contributed by atoms with van der Waals surface area (Å²) in [4.78, 5) is 0. The van der Waals surface area contributed by atoms with Gasteiger partial charge in [0.15, 0.2) is 0 Å². The van der Waals surface area contributed by atoms with Crippen LogP contribution in [0.1, 0.15) is 22.3 Å². The topological polar surface area (TPSA) is 49.4 Å². The molecule has 0 aliphatic heterocycles. The lowest BCUT2D eigenvalue weighted by Gasteiger charge is -2.08. The molecular formula is C28H22N4. The fourth-order valence-corrected chi connectivity index (χ4v) is 3.06. The van der Waals surface area contributed by atoms with Crippen molar-refractivity contribution in [1.82, 2.24) is 0 Å². The second-order valence-corrected chi connectivity index (χ2v) is 6.94. The molecule has 4 nitrogen and oxygen atoms in total. The number of benzene rings is 4. The van der Waals surface area contributed by atoms with Crippen LogP contribution in [0.3, 0.4) is 0 Å². The summed E-state index contributed by atoms with van der Waals surface area (Å²) in [5, 5.41) is 17.9. The van der Waals surface area contributed by atoms with Crippen molar-refractivity contribution in [2.75, 3.05) is 0 Å². The van der Waals surface area contributed by atoms with Crippen LogP contribution in [0.5, 0.6) is 0 Å².